The quantitative estimate of drug-likeness (QED) is 0.203. The number of benzene rings is 4. The van der Waals surface area contributed by atoms with Gasteiger partial charge in [-0.05, 0) is 73.4 Å². The molecule has 2 amide bonds. The van der Waals surface area contributed by atoms with Crippen molar-refractivity contribution in [3.8, 4) is 0 Å². The third kappa shape index (κ3) is 8.11. The number of hydrogen-bond acceptors (Lipinski definition) is 4. The summed E-state index contributed by atoms with van der Waals surface area (Å²) in [6.45, 7) is 5.31. The molecule has 4 aromatic rings. The summed E-state index contributed by atoms with van der Waals surface area (Å²) in [5, 5.41) is 3.03. The fourth-order valence-corrected chi connectivity index (χ4v) is 6.24. The molecule has 230 valence electrons. The van der Waals surface area contributed by atoms with E-state index in [4.69, 9.17) is 0 Å². The minimum absolute atomic E-state index is 0.0934. The molecule has 0 spiro atoms. The van der Waals surface area contributed by atoms with Crippen LogP contribution in [0.3, 0.4) is 0 Å². The normalized spacial score (nSPS) is 12.6. The first-order valence-corrected chi connectivity index (χ1v) is 16.1. The maximum absolute atomic E-state index is 14.4. The van der Waals surface area contributed by atoms with Crippen LogP contribution in [0, 0.1) is 12.7 Å². The Kier molecular flexibility index (Phi) is 10.9. The van der Waals surface area contributed by atoms with Crippen molar-refractivity contribution in [1.82, 2.24) is 10.2 Å². The summed E-state index contributed by atoms with van der Waals surface area (Å²) >= 11 is 0. The number of halogens is 1. The summed E-state index contributed by atoms with van der Waals surface area (Å²) in [4.78, 5) is 29.6. The lowest BCUT2D eigenvalue weighted by Crippen LogP contribution is -2.54. The zero-order valence-electron chi connectivity index (χ0n) is 25.2. The molecule has 0 aliphatic heterocycles. The Morgan fingerprint density at radius 3 is 2.05 bits per heavy atom. The molecule has 0 saturated heterocycles. The maximum atomic E-state index is 14.4. The largest absolute Gasteiger partial charge is 0.352 e. The zero-order valence-corrected chi connectivity index (χ0v) is 26.0. The minimum atomic E-state index is -4.29. The lowest BCUT2D eigenvalue weighted by atomic mass is 10.0. The maximum Gasteiger partial charge on any atom is 0.264 e. The van der Waals surface area contributed by atoms with E-state index < -0.39 is 34.3 Å². The first-order chi connectivity index (χ1) is 21.1. The van der Waals surface area contributed by atoms with E-state index in [0.717, 1.165) is 33.1 Å². The van der Waals surface area contributed by atoms with Crippen LogP contribution in [0.4, 0.5) is 10.1 Å². The van der Waals surface area contributed by atoms with E-state index in [1.165, 1.54) is 17.0 Å². The Balaban J connectivity index is 1.80. The van der Waals surface area contributed by atoms with Crippen molar-refractivity contribution in [1.29, 1.82) is 0 Å². The Morgan fingerprint density at radius 2 is 1.43 bits per heavy atom. The Morgan fingerprint density at radius 1 is 0.841 bits per heavy atom. The van der Waals surface area contributed by atoms with Gasteiger partial charge in [-0.15, -0.1) is 0 Å². The SMILES string of the molecule is CCC(C)NC(=O)C(Cc1ccccc1)N(Cc1ccccc1C)C(=O)CN(c1ccccc1)S(=O)(=O)c1ccc(F)cc1. The molecular weight excluding hydrogens is 577 g/mol. The highest BCUT2D eigenvalue weighted by Crippen LogP contribution is 2.25. The second-order valence-corrected chi connectivity index (χ2v) is 12.6. The molecule has 4 rings (SSSR count). The van der Waals surface area contributed by atoms with Gasteiger partial charge in [0.2, 0.25) is 11.8 Å². The molecule has 7 nitrogen and oxygen atoms in total. The number of carbonyl (C=O) groups is 2. The zero-order chi connectivity index (χ0) is 31.7. The van der Waals surface area contributed by atoms with Gasteiger partial charge in [0.1, 0.15) is 18.4 Å². The van der Waals surface area contributed by atoms with Gasteiger partial charge in [-0.2, -0.15) is 0 Å². The predicted octanol–water partition coefficient (Wildman–Crippen LogP) is 5.88. The molecule has 0 radical (unpaired) electrons. The van der Waals surface area contributed by atoms with Gasteiger partial charge in [0.05, 0.1) is 10.6 Å². The van der Waals surface area contributed by atoms with E-state index in [9.17, 15) is 22.4 Å². The number of para-hydroxylation sites is 1. The van der Waals surface area contributed by atoms with E-state index in [2.05, 4.69) is 5.32 Å². The van der Waals surface area contributed by atoms with E-state index in [0.29, 0.717) is 6.42 Å². The average Bonchev–Trinajstić information content (AvgIpc) is 3.03. The number of carbonyl (C=O) groups excluding carboxylic acids is 2. The minimum Gasteiger partial charge on any atom is -0.352 e. The lowest BCUT2D eigenvalue weighted by molar-refractivity contribution is -0.140. The van der Waals surface area contributed by atoms with Crippen LogP contribution in [0.1, 0.15) is 37.0 Å². The molecule has 0 saturated carbocycles. The van der Waals surface area contributed by atoms with Crippen molar-refractivity contribution in [3.05, 3.63) is 132 Å². The highest BCUT2D eigenvalue weighted by Gasteiger charge is 2.35. The number of nitrogens with one attached hydrogen (secondary N) is 1. The van der Waals surface area contributed by atoms with Crippen molar-refractivity contribution in [2.24, 2.45) is 0 Å². The third-order valence-electron chi connectivity index (χ3n) is 7.60. The smallest absolute Gasteiger partial charge is 0.264 e. The van der Waals surface area contributed by atoms with Gasteiger partial charge in [0, 0.05) is 19.0 Å². The van der Waals surface area contributed by atoms with Crippen LogP contribution in [0.15, 0.2) is 114 Å². The summed E-state index contributed by atoms with van der Waals surface area (Å²) < 4.78 is 42.6. The molecular formula is C35H38FN3O4S. The van der Waals surface area contributed by atoms with Crippen molar-refractivity contribution in [3.63, 3.8) is 0 Å². The summed E-state index contributed by atoms with van der Waals surface area (Å²) in [6, 6.07) is 28.7. The number of amides is 2. The topological polar surface area (TPSA) is 86.8 Å². The van der Waals surface area contributed by atoms with Crippen LogP contribution in [-0.2, 0) is 32.6 Å². The van der Waals surface area contributed by atoms with Crippen LogP contribution in [0.2, 0.25) is 0 Å². The van der Waals surface area contributed by atoms with Crippen LogP contribution < -0.4 is 9.62 Å². The van der Waals surface area contributed by atoms with Crippen LogP contribution in [0.5, 0.6) is 0 Å². The van der Waals surface area contributed by atoms with Gasteiger partial charge in [-0.3, -0.25) is 13.9 Å². The average molecular weight is 616 g/mol. The first kappa shape index (κ1) is 32.4. The number of sulfonamides is 1. The Bertz CT molecular complexity index is 1650. The van der Waals surface area contributed by atoms with Crippen molar-refractivity contribution in [2.75, 3.05) is 10.8 Å². The molecule has 0 heterocycles. The van der Waals surface area contributed by atoms with E-state index >= 15 is 0 Å². The summed E-state index contributed by atoms with van der Waals surface area (Å²) in [5.74, 6) is -1.45. The Hall–Kier alpha value is -4.50. The Labute approximate surface area is 259 Å². The molecule has 0 aliphatic rings. The number of nitrogens with zero attached hydrogens (tertiary/aromatic N) is 2. The second-order valence-electron chi connectivity index (χ2n) is 10.8. The summed E-state index contributed by atoms with van der Waals surface area (Å²) in [5.41, 5.74) is 2.90. The third-order valence-corrected chi connectivity index (χ3v) is 9.39. The fourth-order valence-electron chi connectivity index (χ4n) is 4.82. The second kappa shape index (κ2) is 14.8. The molecule has 0 aromatic heterocycles. The number of aryl methyl sites for hydroxylation is 1. The van der Waals surface area contributed by atoms with Crippen LogP contribution in [0.25, 0.3) is 0 Å². The first-order valence-electron chi connectivity index (χ1n) is 14.6. The fraction of sp³-hybridized carbons (Fsp3) is 0.257. The van der Waals surface area contributed by atoms with Crippen molar-refractivity contribution in [2.45, 2.75) is 57.1 Å². The van der Waals surface area contributed by atoms with E-state index in [1.807, 2.05) is 75.4 Å². The van der Waals surface area contributed by atoms with Crippen molar-refractivity contribution < 1.29 is 22.4 Å². The van der Waals surface area contributed by atoms with E-state index in [-0.39, 0.29) is 35.5 Å². The van der Waals surface area contributed by atoms with Crippen LogP contribution in [-0.4, -0.2) is 43.8 Å². The molecule has 44 heavy (non-hydrogen) atoms. The molecule has 0 fully saturated rings. The molecule has 1 N–H and O–H groups in total. The highest BCUT2D eigenvalue weighted by molar-refractivity contribution is 7.92. The standard InChI is InChI=1S/C35H38FN3O4S/c1-4-27(3)37-35(41)33(23-28-14-7-5-8-15-28)38(24-29-16-12-11-13-26(29)2)34(40)25-39(31-17-9-6-10-18-31)44(42,43)32-21-19-30(36)20-22-32/h5-22,27,33H,4,23-25H2,1-3H3,(H,37,41). The highest BCUT2D eigenvalue weighted by atomic mass is 32.2. The number of anilines is 1. The summed E-state index contributed by atoms with van der Waals surface area (Å²) in [7, 11) is -4.29. The van der Waals surface area contributed by atoms with Gasteiger partial charge in [-0.25, -0.2) is 12.8 Å². The van der Waals surface area contributed by atoms with E-state index in [1.54, 1.807) is 30.3 Å². The molecule has 9 heteroatoms. The molecule has 4 aromatic carbocycles. The molecule has 0 aliphatic carbocycles. The monoisotopic (exact) mass is 615 g/mol. The molecule has 2 unspecified atom stereocenters. The van der Waals surface area contributed by atoms with Gasteiger partial charge in [0.15, 0.2) is 0 Å². The van der Waals surface area contributed by atoms with Gasteiger partial charge < -0.3 is 10.2 Å². The molecule has 0 bridgehead atoms. The summed E-state index contributed by atoms with van der Waals surface area (Å²) in [6.07, 6.45) is 0.935. The predicted molar refractivity (Wildman–Crippen MR) is 171 cm³/mol. The molecule has 2 atom stereocenters. The lowest BCUT2D eigenvalue weighted by Gasteiger charge is -2.34. The number of rotatable bonds is 13. The van der Waals surface area contributed by atoms with Gasteiger partial charge >= 0.3 is 0 Å². The van der Waals surface area contributed by atoms with Gasteiger partial charge in [-0.1, -0.05) is 79.7 Å². The van der Waals surface area contributed by atoms with Crippen molar-refractivity contribution >= 4 is 27.5 Å². The van der Waals surface area contributed by atoms with Crippen LogP contribution >= 0.6 is 0 Å². The van der Waals surface area contributed by atoms with Gasteiger partial charge in [0.25, 0.3) is 10.0 Å². The number of hydrogen-bond donors (Lipinski definition) is 1.